The molecule has 0 atom stereocenters. The minimum Gasteiger partial charge on any atom is -0.386 e. The van der Waals surface area contributed by atoms with E-state index in [1.54, 1.807) is 0 Å². The summed E-state index contributed by atoms with van der Waals surface area (Å²) in [6.07, 6.45) is -5.02. The molecule has 0 aliphatic rings. The van der Waals surface area contributed by atoms with Gasteiger partial charge in [-0.1, -0.05) is 11.6 Å². The first-order chi connectivity index (χ1) is 7.09. The summed E-state index contributed by atoms with van der Waals surface area (Å²) in [5.74, 6) is -1.07. The van der Waals surface area contributed by atoms with E-state index in [0.29, 0.717) is 0 Å². The summed E-state index contributed by atoms with van der Waals surface area (Å²) in [6.45, 7) is 0. The van der Waals surface area contributed by atoms with Crippen LogP contribution in [0.2, 0.25) is 5.02 Å². The summed E-state index contributed by atoms with van der Waals surface area (Å²) in [6, 6.07) is 1.75. The quantitative estimate of drug-likeness (QED) is 0.882. The minimum atomic E-state index is -5.02. The van der Waals surface area contributed by atoms with Crippen LogP contribution in [0.4, 0.5) is 13.2 Å². The van der Waals surface area contributed by atoms with Gasteiger partial charge in [-0.05, 0) is 12.1 Å². The number of nitrogens with two attached hydrogens (primary N) is 1. The smallest absolute Gasteiger partial charge is 0.386 e. The average molecular weight is 277 g/mol. The molecule has 0 bridgehead atoms. The molecule has 0 aromatic carbocycles. The lowest BCUT2D eigenvalue weighted by atomic mass is 10.5. The maximum absolute atomic E-state index is 11.8. The molecule has 0 saturated carbocycles. The molecular weight excluding hydrogens is 273 g/mol. The van der Waals surface area contributed by atoms with Gasteiger partial charge in [0, 0.05) is 0 Å². The van der Waals surface area contributed by atoms with Crippen LogP contribution in [0.15, 0.2) is 17.2 Å². The number of hydrogen-bond acceptors (Lipinski definition) is 4. The van der Waals surface area contributed by atoms with Crippen molar-refractivity contribution < 1.29 is 26.3 Å². The highest BCUT2D eigenvalue weighted by atomic mass is 35.5. The summed E-state index contributed by atoms with van der Waals surface area (Å²) in [5.41, 5.74) is 0. The van der Waals surface area contributed by atoms with Crippen molar-refractivity contribution in [3.63, 3.8) is 0 Å². The van der Waals surface area contributed by atoms with Crippen LogP contribution >= 0.6 is 11.6 Å². The molecule has 0 radical (unpaired) electrons. The monoisotopic (exact) mass is 276 g/mol. The molecule has 0 amide bonds. The number of sulfonamides is 1. The van der Waals surface area contributed by atoms with Crippen LogP contribution in [-0.4, -0.2) is 19.8 Å². The maximum atomic E-state index is 11.8. The Kier molecular flexibility index (Phi) is 3.31. The fourth-order valence-corrected chi connectivity index (χ4v) is 1.36. The van der Waals surface area contributed by atoms with Crippen molar-refractivity contribution in [2.24, 2.45) is 5.14 Å². The number of nitrogens with zero attached hydrogens (tertiary/aromatic N) is 1. The first-order valence-corrected chi connectivity index (χ1v) is 5.47. The summed E-state index contributed by atoms with van der Waals surface area (Å²) in [4.78, 5) is 3.04. The van der Waals surface area contributed by atoms with Crippen LogP contribution in [0, 0.1) is 0 Å². The second-order valence-electron chi connectivity index (χ2n) is 2.53. The second kappa shape index (κ2) is 4.07. The van der Waals surface area contributed by atoms with E-state index < -0.39 is 32.3 Å². The Hall–Kier alpha value is -1.06. The molecule has 1 heterocycles. The van der Waals surface area contributed by atoms with Crippen molar-refractivity contribution >= 4 is 21.6 Å². The maximum Gasteiger partial charge on any atom is 0.574 e. The van der Waals surface area contributed by atoms with Crippen molar-refractivity contribution in [1.82, 2.24) is 4.98 Å². The predicted molar refractivity (Wildman–Crippen MR) is 47.3 cm³/mol. The minimum absolute atomic E-state index is 0.482. The Bertz CT molecular complexity index is 502. The van der Waals surface area contributed by atoms with E-state index in [1.165, 1.54) is 0 Å². The van der Waals surface area contributed by atoms with Gasteiger partial charge < -0.3 is 4.74 Å². The lowest BCUT2D eigenvalue weighted by Crippen LogP contribution is -2.20. The van der Waals surface area contributed by atoms with E-state index in [-0.39, 0.29) is 0 Å². The van der Waals surface area contributed by atoms with Gasteiger partial charge >= 0.3 is 6.36 Å². The second-order valence-corrected chi connectivity index (χ2v) is 4.44. The molecule has 0 saturated heterocycles. The first-order valence-electron chi connectivity index (χ1n) is 3.55. The number of rotatable bonds is 2. The van der Waals surface area contributed by atoms with Crippen molar-refractivity contribution in [2.75, 3.05) is 0 Å². The van der Waals surface area contributed by atoms with Crippen LogP contribution in [0.5, 0.6) is 5.88 Å². The van der Waals surface area contributed by atoms with Gasteiger partial charge in [0.1, 0.15) is 5.02 Å². The number of aromatic nitrogens is 1. The van der Waals surface area contributed by atoms with Gasteiger partial charge in [0.05, 0.1) is 0 Å². The third kappa shape index (κ3) is 3.51. The largest absolute Gasteiger partial charge is 0.574 e. The molecule has 0 aliphatic carbocycles. The molecule has 90 valence electrons. The highest BCUT2D eigenvalue weighted by Crippen LogP contribution is 2.28. The van der Waals surface area contributed by atoms with E-state index in [4.69, 9.17) is 11.6 Å². The Labute approximate surface area is 93.0 Å². The topological polar surface area (TPSA) is 82.3 Å². The third-order valence-corrected chi connectivity index (χ3v) is 2.39. The summed E-state index contributed by atoms with van der Waals surface area (Å²) < 4.78 is 60.5. The van der Waals surface area contributed by atoms with E-state index >= 15 is 0 Å². The van der Waals surface area contributed by atoms with Crippen LogP contribution in [-0.2, 0) is 10.0 Å². The molecule has 16 heavy (non-hydrogen) atoms. The zero-order valence-corrected chi connectivity index (χ0v) is 8.90. The van der Waals surface area contributed by atoms with Crippen LogP contribution in [0.25, 0.3) is 0 Å². The molecular formula is C6H4ClF3N2O3S. The van der Waals surface area contributed by atoms with E-state index in [0.717, 1.165) is 12.1 Å². The number of hydrogen-bond donors (Lipinski definition) is 1. The molecule has 0 spiro atoms. The lowest BCUT2D eigenvalue weighted by Gasteiger charge is -2.09. The third-order valence-electron chi connectivity index (χ3n) is 1.29. The fraction of sp³-hybridized carbons (Fsp3) is 0.167. The number of halogens is 4. The zero-order chi connectivity index (χ0) is 12.6. The molecule has 1 aromatic rings. The van der Waals surface area contributed by atoms with Crippen molar-refractivity contribution in [2.45, 2.75) is 11.4 Å². The highest BCUT2D eigenvalue weighted by Gasteiger charge is 2.33. The molecule has 0 fully saturated rings. The molecule has 5 nitrogen and oxygen atoms in total. The molecule has 0 aliphatic heterocycles. The van der Waals surface area contributed by atoms with Gasteiger partial charge in [0.15, 0.2) is 5.03 Å². The summed E-state index contributed by atoms with van der Waals surface area (Å²) in [5, 5.41) is 3.42. The molecule has 10 heteroatoms. The predicted octanol–water partition coefficient (Wildman–Crippen LogP) is 1.28. The Morgan fingerprint density at radius 1 is 1.38 bits per heavy atom. The number of pyridine rings is 1. The van der Waals surface area contributed by atoms with E-state index in [9.17, 15) is 21.6 Å². The van der Waals surface area contributed by atoms with Crippen molar-refractivity contribution in [1.29, 1.82) is 0 Å². The molecule has 1 rings (SSSR count). The van der Waals surface area contributed by atoms with Crippen LogP contribution in [0.3, 0.4) is 0 Å². The molecule has 1 aromatic heterocycles. The van der Waals surface area contributed by atoms with Crippen LogP contribution < -0.4 is 9.88 Å². The number of ether oxygens (including phenoxy) is 1. The van der Waals surface area contributed by atoms with Gasteiger partial charge in [-0.25, -0.2) is 13.6 Å². The Morgan fingerprint density at radius 2 is 1.94 bits per heavy atom. The normalized spacial score (nSPS) is 12.6. The average Bonchev–Trinajstić information content (AvgIpc) is 2.04. The van der Waals surface area contributed by atoms with E-state index in [1.807, 2.05) is 0 Å². The Morgan fingerprint density at radius 3 is 2.38 bits per heavy atom. The summed E-state index contributed by atoms with van der Waals surface area (Å²) >= 11 is 5.33. The molecule has 2 N–H and O–H groups in total. The van der Waals surface area contributed by atoms with Gasteiger partial charge in [-0.2, -0.15) is 4.98 Å². The lowest BCUT2D eigenvalue weighted by molar-refractivity contribution is -0.276. The van der Waals surface area contributed by atoms with Crippen LogP contribution in [0.1, 0.15) is 0 Å². The first kappa shape index (κ1) is 13.0. The number of primary sulfonamides is 1. The van der Waals surface area contributed by atoms with Gasteiger partial charge in [-0.3, -0.25) is 0 Å². The van der Waals surface area contributed by atoms with Crippen molar-refractivity contribution in [3.05, 3.63) is 17.2 Å². The van der Waals surface area contributed by atoms with Crippen molar-refractivity contribution in [3.8, 4) is 5.88 Å². The Balaban J connectivity index is 3.20. The van der Waals surface area contributed by atoms with Gasteiger partial charge in [-0.15, -0.1) is 13.2 Å². The van der Waals surface area contributed by atoms with E-state index in [2.05, 4.69) is 14.9 Å². The van der Waals surface area contributed by atoms with Gasteiger partial charge in [0.2, 0.25) is 5.88 Å². The SMILES string of the molecule is NS(=O)(=O)c1ccc(Cl)c(OC(F)(F)F)n1. The highest BCUT2D eigenvalue weighted by molar-refractivity contribution is 7.89. The number of alkyl halides is 3. The standard InChI is InChI=1S/C6H4ClF3N2O3S/c7-3-1-2-4(16(11,13)14)12-5(3)15-6(8,9)10/h1-2H,(H2,11,13,14). The zero-order valence-electron chi connectivity index (χ0n) is 7.32. The van der Waals surface area contributed by atoms with Gasteiger partial charge in [0.25, 0.3) is 10.0 Å². The molecule has 0 unspecified atom stereocenters. The summed E-state index contributed by atoms with van der Waals surface area (Å²) in [7, 11) is -4.21. The fourth-order valence-electron chi connectivity index (χ4n) is 0.746.